The van der Waals surface area contributed by atoms with E-state index in [0.29, 0.717) is 11.6 Å². The van der Waals surface area contributed by atoms with Crippen LogP contribution < -0.4 is 10.6 Å². The number of hydrogen-bond acceptors (Lipinski definition) is 7. The second kappa shape index (κ2) is 12.8. The molecule has 0 saturated heterocycles. The maximum atomic E-state index is 13.2. The molecule has 0 aliphatic heterocycles. The number of aromatic nitrogens is 1. The van der Waals surface area contributed by atoms with Gasteiger partial charge >= 0.3 is 12.1 Å². The summed E-state index contributed by atoms with van der Waals surface area (Å²) in [6.07, 6.45) is -0.692. The molecule has 1 aliphatic rings. The van der Waals surface area contributed by atoms with Gasteiger partial charge in [0.15, 0.2) is 5.69 Å². The summed E-state index contributed by atoms with van der Waals surface area (Å²) in [6, 6.07) is 25.1. The minimum Gasteiger partial charge on any atom is -0.476 e. The van der Waals surface area contributed by atoms with E-state index in [1.54, 1.807) is 0 Å². The number of nitrogens with one attached hydrogen (secondary N) is 2. The SMILES string of the molecule is CN(Cc1ccccc1)CC(NC(=O)OCC1c2ccccc2-c2ccccc21)C(=O)NCc1nc(C(=O)O)cs1. The van der Waals surface area contributed by atoms with Gasteiger partial charge in [-0.25, -0.2) is 14.6 Å². The zero-order chi connectivity index (χ0) is 28.8. The van der Waals surface area contributed by atoms with Crippen LogP contribution in [0.25, 0.3) is 11.1 Å². The Labute approximate surface area is 241 Å². The largest absolute Gasteiger partial charge is 0.476 e. The van der Waals surface area contributed by atoms with Crippen LogP contribution in [0, 0.1) is 0 Å². The van der Waals surface area contributed by atoms with Crippen molar-refractivity contribution >= 4 is 29.3 Å². The van der Waals surface area contributed by atoms with Crippen molar-refractivity contribution in [2.75, 3.05) is 20.2 Å². The van der Waals surface area contributed by atoms with Crippen LogP contribution in [0.5, 0.6) is 0 Å². The number of carboxylic acids is 1. The van der Waals surface area contributed by atoms with Crippen LogP contribution in [0.15, 0.2) is 84.2 Å². The first-order valence-electron chi connectivity index (χ1n) is 13.2. The first-order chi connectivity index (χ1) is 19.9. The monoisotopic (exact) mass is 570 g/mol. The highest BCUT2D eigenvalue weighted by atomic mass is 32.1. The minimum atomic E-state index is -1.13. The van der Waals surface area contributed by atoms with Crippen LogP contribution in [0.4, 0.5) is 4.79 Å². The Morgan fingerprint density at radius 3 is 2.24 bits per heavy atom. The van der Waals surface area contributed by atoms with E-state index in [-0.39, 0.29) is 31.3 Å². The number of carboxylic acid groups (broad SMARTS) is 1. The molecule has 9 nitrogen and oxygen atoms in total. The molecule has 1 unspecified atom stereocenters. The van der Waals surface area contributed by atoms with Crippen LogP contribution in [-0.2, 0) is 22.6 Å². The van der Waals surface area contributed by atoms with Crippen LogP contribution >= 0.6 is 11.3 Å². The molecule has 1 aromatic heterocycles. The van der Waals surface area contributed by atoms with Crippen LogP contribution in [0.2, 0.25) is 0 Å². The third-order valence-corrected chi connectivity index (χ3v) is 7.78. The number of hydrogen-bond donors (Lipinski definition) is 3. The number of aromatic carboxylic acids is 1. The number of rotatable bonds is 11. The highest BCUT2D eigenvalue weighted by Gasteiger charge is 2.30. The quantitative estimate of drug-likeness (QED) is 0.243. The van der Waals surface area contributed by atoms with E-state index in [1.165, 1.54) is 5.38 Å². The van der Waals surface area contributed by atoms with Crippen LogP contribution in [0.1, 0.15) is 38.1 Å². The fourth-order valence-corrected chi connectivity index (χ4v) is 5.73. The van der Waals surface area contributed by atoms with Gasteiger partial charge in [0.25, 0.3) is 0 Å². The predicted molar refractivity (Wildman–Crippen MR) is 156 cm³/mol. The molecule has 0 saturated carbocycles. The summed E-state index contributed by atoms with van der Waals surface area (Å²) in [6.45, 7) is 0.974. The molecule has 210 valence electrons. The number of carbonyl (C=O) groups is 3. The second-order valence-corrected chi connectivity index (χ2v) is 10.8. The highest BCUT2D eigenvalue weighted by Crippen LogP contribution is 2.44. The van der Waals surface area contributed by atoms with Gasteiger partial charge in [0.1, 0.15) is 17.7 Å². The maximum Gasteiger partial charge on any atom is 0.407 e. The fraction of sp³-hybridized carbons (Fsp3) is 0.226. The molecule has 0 spiro atoms. The van der Waals surface area contributed by atoms with Crippen molar-refractivity contribution in [3.8, 4) is 11.1 Å². The summed E-state index contributed by atoms with van der Waals surface area (Å²) in [4.78, 5) is 43.3. The third-order valence-electron chi connectivity index (χ3n) is 6.93. The Morgan fingerprint density at radius 2 is 1.61 bits per heavy atom. The van der Waals surface area contributed by atoms with Crippen LogP contribution in [0.3, 0.4) is 0 Å². The van der Waals surface area contributed by atoms with Crippen molar-refractivity contribution in [2.24, 2.45) is 0 Å². The summed E-state index contributed by atoms with van der Waals surface area (Å²) in [5, 5.41) is 16.5. The average molecular weight is 571 g/mol. The molecule has 2 amide bonds. The number of carbonyl (C=O) groups excluding carboxylic acids is 2. The van der Waals surface area contributed by atoms with Crippen molar-refractivity contribution in [3.63, 3.8) is 0 Å². The van der Waals surface area contributed by atoms with Gasteiger partial charge in [0.05, 0.1) is 6.54 Å². The number of ether oxygens (including phenoxy) is 1. The zero-order valence-electron chi connectivity index (χ0n) is 22.4. The number of benzene rings is 3. The number of thiazole rings is 1. The lowest BCUT2D eigenvalue weighted by Crippen LogP contribution is -2.52. The van der Waals surface area contributed by atoms with Gasteiger partial charge in [-0.05, 0) is 34.9 Å². The molecule has 1 heterocycles. The maximum absolute atomic E-state index is 13.2. The Balaban J connectivity index is 1.24. The number of amides is 2. The minimum absolute atomic E-state index is 0.0437. The Hall–Kier alpha value is -4.54. The summed E-state index contributed by atoms with van der Waals surface area (Å²) in [5.41, 5.74) is 5.45. The van der Waals surface area contributed by atoms with Gasteiger partial charge < -0.3 is 20.5 Å². The summed E-state index contributed by atoms with van der Waals surface area (Å²) in [5.74, 6) is -1.66. The molecule has 5 rings (SSSR count). The molecule has 10 heteroatoms. The van der Waals surface area contributed by atoms with E-state index >= 15 is 0 Å². The lowest BCUT2D eigenvalue weighted by molar-refractivity contribution is -0.123. The van der Waals surface area contributed by atoms with Gasteiger partial charge in [-0.3, -0.25) is 9.69 Å². The molecule has 3 N–H and O–H groups in total. The number of fused-ring (bicyclic) bond motifs is 3. The van der Waals surface area contributed by atoms with E-state index in [1.807, 2.05) is 78.7 Å². The summed E-state index contributed by atoms with van der Waals surface area (Å²) >= 11 is 1.14. The first-order valence-corrected chi connectivity index (χ1v) is 14.1. The van der Waals surface area contributed by atoms with E-state index in [0.717, 1.165) is 39.2 Å². The zero-order valence-corrected chi connectivity index (χ0v) is 23.3. The van der Waals surface area contributed by atoms with Crippen molar-refractivity contribution < 1.29 is 24.2 Å². The topological polar surface area (TPSA) is 121 Å². The van der Waals surface area contributed by atoms with Gasteiger partial charge in [-0.1, -0.05) is 78.9 Å². The second-order valence-electron chi connectivity index (χ2n) is 9.85. The Bertz CT molecular complexity index is 1490. The molecule has 3 aromatic carbocycles. The molecule has 1 atom stereocenters. The van der Waals surface area contributed by atoms with Crippen molar-refractivity contribution in [1.29, 1.82) is 0 Å². The molecule has 4 aromatic rings. The van der Waals surface area contributed by atoms with Gasteiger partial charge in [0.2, 0.25) is 5.91 Å². The lowest BCUT2D eigenvalue weighted by Gasteiger charge is -2.24. The summed E-state index contributed by atoms with van der Waals surface area (Å²) in [7, 11) is 1.87. The molecule has 0 radical (unpaired) electrons. The molecule has 41 heavy (non-hydrogen) atoms. The van der Waals surface area contributed by atoms with Crippen LogP contribution in [-0.4, -0.2) is 59.2 Å². The van der Waals surface area contributed by atoms with Gasteiger partial charge in [0, 0.05) is 24.4 Å². The highest BCUT2D eigenvalue weighted by molar-refractivity contribution is 7.09. The molecule has 1 aliphatic carbocycles. The molecular weight excluding hydrogens is 540 g/mol. The van der Waals surface area contributed by atoms with E-state index in [9.17, 15) is 14.4 Å². The third kappa shape index (κ3) is 6.79. The normalized spacial score (nSPS) is 12.8. The van der Waals surface area contributed by atoms with Crippen molar-refractivity contribution in [2.45, 2.75) is 25.0 Å². The van der Waals surface area contributed by atoms with Gasteiger partial charge in [-0.15, -0.1) is 11.3 Å². The van der Waals surface area contributed by atoms with Gasteiger partial charge in [-0.2, -0.15) is 0 Å². The van der Waals surface area contributed by atoms with E-state index < -0.39 is 24.0 Å². The number of likely N-dealkylation sites (N-methyl/N-ethyl adjacent to an activating group) is 1. The predicted octanol–water partition coefficient (Wildman–Crippen LogP) is 4.50. The van der Waals surface area contributed by atoms with Crippen molar-refractivity contribution in [1.82, 2.24) is 20.5 Å². The first kappa shape index (κ1) is 28.0. The smallest absolute Gasteiger partial charge is 0.407 e. The lowest BCUT2D eigenvalue weighted by atomic mass is 9.98. The molecule has 0 fully saturated rings. The molecule has 0 bridgehead atoms. The molecular formula is C31H30N4O5S. The average Bonchev–Trinajstić information content (AvgIpc) is 3.58. The standard InChI is InChI=1S/C31H30N4O5S/c1-35(16-20-9-3-2-4-10-20)17-26(29(36)32-15-28-33-27(19-41-28)30(37)38)34-31(39)40-18-25-23-13-7-5-11-21(23)22-12-6-8-14-24(22)25/h2-14,19,25-26H,15-18H2,1H3,(H,32,36)(H,34,39)(H,37,38). The Kier molecular flexibility index (Phi) is 8.71. The Morgan fingerprint density at radius 1 is 0.976 bits per heavy atom. The van der Waals surface area contributed by atoms with E-state index in [2.05, 4.69) is 27.8 Å². The number of nitrogens with zero attached hydrogens (tertiary/aromatic N) is 2. The summed E-state index contributed by atoms with van der Waals surface area (Å²) < 4.78 is 5.69. The van der Waals surface area contributed by atoms with E-state index in [4.69, 9.17) is 9.84 Å². The fourth-order valence-electron chi connectivity index (χ4n) is 5.02. The van der Waals surface area contributed by atoms with Crippen molar-refractivity contribution in [3.05, 3.63) is 112 Å². The number of alkyl carbamates (subject to hydrolysis) is 1.